The molecule has 13 heavy (non-hydrogen) atoms. The van der Waals surface area contributed by atoms with Gasteiger partial charge in [-0.15, -0.1) is 0 Å². The van der Waals surface area contributed by atoms with E-state index >= 15 is 0 Å². The Labute approximate surface area is 79.0 Å². The second-order valence-corrected chi connectivity index (χ2v) is 3.20. The van der Waals surface area contributed by atoms with Crippen LogP contribution >= 0.6 is 0 Å². The van der Waals surface area contributed by atoms with Crippen LogP contribution in [0.15, 0.2) is 24.3 Å². The summed E-state index contributed by atoms with van der Waals surface area (Å²) in [6.07, 6.45) is 1.07. The fourth-order valence-corrected chi connectivity index (χ4v) is 1.30. The number of nitrogens with one attached hydrogen (secondary N) is 1. The Kier molecular flexibility index (Phi) is 3.90. The van der Waals surface area contributed by atoms with Crippen LogP contribution in [0.3, 0.4) is 0 Å². The van der Waals surface area contributed by atoms with Crippen molar-refractivity contribution < 1.29 is 4.39 Å². The van der Waals surface area contributed by atoms with Crippen molar-refractivity contribution in [1.82, 2.24) is 5.32 Å². The molecule has 72 valence electrons. The van der Waals surface area contributed by atoms with Crippen molar-refractivity contribution in [2.75, 3.05) is 6.54 Å². The molecule has 0 amide bonds. The third-order valence-electron chi connectivity index (χ3n) is 2.07. The van der Waals surface area contributed by atoms with Gasteiger partial charge in [-0.3, -0.25) is 0 Å². The van der Waals surface area contributed by atoms with Crippen molar-refractivity contribution in [3.05, 3.63) is 35.6 Å². The molecule has 1 atom stereocenters. The van der Waals surface area contributed by atoms with E-state index in [1.54, 1.807) is 6.07 Å². The van der Waals surface area contributed by atoms with Gasteiger partial charge in [-0.2, -0.15) is 0 Å². The molecule has 0 aliphatic heterocycles. The van der Waals surface area contributed by atoms with Crippen molar-refractivity contribution in [2.24, 2.45) is 0 Å². The van der Waals surface area contributed by atoms with Crippen molar-refractivity contribution in [2.45, 2.75) is 26.3 Å². The van der Waals surface area contributed by atoms with Crippen molar-refractivity contribution in [1.29, 1.82) is 0 Å². The van der Waals surface area contributed by atoms with Gasteiger partial charge in [0.25, 0.3) is 0 Å². The monoisotopic (exact) mass is 181 g/mol. The predicted octanol–water partition coefficient (Wildman–Crippen LogP) is 2.89. The summed E-state index contributed by atoms with van der Waals surface area (Å²) < 4.78 is 13.2. The topological polar surface area (TPSA) is 12.0 Å². The zero-order valence-electron chi connectivity index (χ0n) is 8.18. The minimum absolute atomic E-state index is 0.0983. The highest BCUT2D eigenvalue weighted by Gasteiger charge is 2.07. The van der Waals surface area contributed by atoms with Gasteiger partial charge in [-0.05, 0) is 26.0 Å². The fourth-order valence-electron chi connectivity index (χ4n) is 1.30. The molecule has 0 fully saturated rings. The van der Waals surface area contributed by atoms with Crippen LogP contribution in [0.2, 0.25) is 0 Å². The quantitative estimate of drug-likeness (QED) is 0.753. The molecule has 0 radical (unpaired) electrons. The fraction of sp³-hybridized carbons (Fsp3) is 0.455. The minimum Gasteiger partial charge on any atom is -0.310 e. The molecule has 1 aromatic carbocycles. The highest BCUT2D eigenvalue weighted by Crippen LogP contribution is 2.15. The minimum atomic E-state index is -0.126. The first-order valence-corrected chi connectivity index (χ1v) is 4.73. The van der Waals surface area contributed by atoms with Crippen LogP contribution in [-0.4, -0.2) is 6.54 Å². The lowest BCUT2D eigenvalue weighted by molar-refractivity contribution is 0.527. The molecule has 0 heterocycles. The van der Waals surface area contributed by atoms with E-state index in [0.717, 1.165) is 18.5 Å². The highest BCUT2D eigenvalue weighted by atomic mass is 19.1. The third-order valence-corrected chi connectivity index (χ3v) is 2.07. The average molecular weight is 181 g/mol. The maximum absolute atomic E-state index is 13.2. The SMILES string of the molecule is CCCN[C@H](C)c1ccccc1F. The summed E-state index contributed by atoms with van der Waals surface area (Å²) in [7, 11) is 0. The van der Waals surface area contributed by atoms with Gasteiger partial charge in [0.05, 0.1) is 0 Å². The number of halogens is 1. The van der Waals surface area contributed by atoms with Crippen LogP contribution in [-0.2, 0) is 0 Å². The maximum Gasteiger partial charge on any atom is 0.127 e. The summed E-state index contributed by atoms with van der Waals surface area (Å²) in [5, 5.41) is 3.25. The van der Waals surface area contributed by atoms with Crippen molar-refractivity contribution in [3.8, 4) is 0 Å². The molecule has 0 spiro atoms. The van der Waals surface area contributed by atoms with E-state index in [2.05, 4.69) is 12.2 Å². The molecule has 1 aromatic rings. The zero-order valence-corrected chi connectivity index (χ0v) is 8.18. The zero-order chi connectivity index (χ0) is 9.68. The molecular weight excluding hydrogens is 165 g/mol. The molecule has 0 aliphatic carbocycles. The van der Waals surface area contributed by atoms with Gasteiger partial charge < -0.3 is 5.32 Å². The van der Waals surface area contributed by atoms with E-state index < -0.39 is 0 Å². The summed E-state index contributed by atoms with van der Waals surface area (Å²) in [5.74, 6) is -0.126. The van der Waals surface area contributed by atoms with Gasteiger partial charge in [0.2, 0.25) is 0 Å². The Morgan fingerprint density at radius 2 is 2.08 bits per heavy atom. The Balaban J connectivity index is 2.65. The second kappa shape index (κ2) is 4.97. The largest absolute Gasteiger partial charge is 0.310 e. The summed E-state index contributed by atoms with van der Waals surface area (Å²) >= 11 is 0. The van der Waals surface area contributed by atoms with Gasteiger partial charge in [0.15, 0.2) is 0 Å². The Morgan fingerprint density at radius 3 is 2.69 bits per heavy atom. The van der Waals surface area contributed by atoms with Gasteiger partial charge in [-0.25, -0.2) is 4.39 Å². The van der Waals surface area contributed by atoms with Gasteiger partial charge in [-0.1, -0.05) is 25.1 Å². The first-order valence-electron chi connectivity index (χ1n) is 4.73. The Morgan fingerprint density at radius 1 is 1.38 bits per heavy atom. The van der Waals surface area contributed by atoms with E-state index in [1.807, 2.05) is 19.1 Å². The average Bonchev–Trinajstić information content (AvgIpc) is 2.15. The summed E-state index contributed by atoms with van der Waals surface area (Å²) in [5.41, 5.74) is 0.746. The molecule has 0 bridgehead atoms. The lowest BCUT2D eigenvalue weighted by atomic mass is 10.1. The molecule has 0 unspecified atom stereocenters. The Hall–Kier alpha value is -0.890. The van der Waals surface area contributed by atoms with Crippen LogP contribution in [0.1, 0.15) is 31.9 Å². The van der Waals surface area contributed by atoms with Crippen LogP contribution in [0.25, 0.3) is 0 Å². The van der Waals surface area contributed by atoms with Crippen LogP contribution in [0, 0.1) is 5.82 Å². The van der Waals surface area contributed by atoms with Crippen LogP contribution in [0.5, 0.6) is 0 Å². The summed E-state index contributed by atoms with van der Waals surface area (Å²) in [6.45, 7) is 5.00. The van der Waals surface area contributed by atoms with Crippen LogP contribution < -0.4 is 5.32 Å². The molecule has 0 aromatic heterocycles. The first-order chi connectivity index (χ1) is 6.25. The summed E-state index contributed by atoms with van der Waals surface area (Å²) in [6, 6.07) is 7.00. The molecule has 2 heteroatoms. The first kappa shape index (κ1) is 10.2. The van der Waals surface area contributed by atoms with Crippen LogP contribution in [0.4, 0.5) is 4.39 Å². The number of rotatable bonds is 4. The lowest BCUT2D eigenvalue weighted by Crippen LogP contribution is -2.20. The molecular formula is C11H16FN. The van der Waals surface area contributed by atoms with Crippen molar-refractivity contribution in [3.63, 3.8) is 0 Å². The molecule has 1 nitrogen and oxygen atoms in total. The molecule has 0 saturated heterocycles. The van der Waals surface area contributed by atoms with E-state index in [9.17, 15) is 4.39 Å². The number of benzene rings is 1. The smallest absolute Gasteiger partial charge is 0.127 e. The Bertz CT molecular complexity index is 260. The second-order valence-electron chi connectivity index (χ2n) is 3.20. The maximum atomic E-state index is 13.2. The van der Waals surface area contributed by atoms with Gasteiger partial charge in [0, 0.05) is 11.6 Å². The number of hydrogen-bond acceptors (Lipinski definition) is 1. The summed E-state index contributed by atoms with van der Waals surface area (Å²) in [4.78, 5) is 0. The molecule has 0 aliphatic rings. The number of hydrogen-bond donors (Lipinski definition) is 1. The molecule has 1 N–H and O–H groups in total. The van der Waals surface area contributed by atoms with E-state index in [4.69, 9.17) is 0 Å². The lowest BCUT2D eigenvalue weighted by Gasteiger charge is -2.13. The standard InChI is InChI=1S/C11H16FN/c1-3-8-13-9(2)10-6-4-5-7-11(10)12/h4-7,9,13H,3,8H2,1-2H3/t9-/m1/s1. The van der Waals surface area contributed by atoms with Gasteiger partial charge >= 0.3 is 0 Å². The predicted molar refractivity (Wildman–Crippen MR) is 53.1 cm³/mol. The molecule has 0 saturated carbocycles. The molecule has 1 rings (SSSR count). The van der Waals surface area contributed by atoms with E-state index in [1.165, 1.54) is 6.07 Å². The van der Waals surface area contributed by atoms with Crippen molar-refractivity contribution >= 4 is 0 Å². The van der Waals surface area contributed by atoms with E-state index in [-0.39, 0.29) is 11.9 Å². The van der Waals surface area contributed by atoms with Gasteiger partial charge in [0.1, 0.15) is 5.82 Å². The third kappa shape index (κ3) is 2.81. The van der Waals surface area contributed by atoms with E-state index in [0.29, 0.717) is 0 Å². The highest BCUT2D eigenvalue weighted by molar-refractivity contribution is 5.20. The normalized spacial score (nSPS) is 12.8.